The van der Waals surface area contributed by atoms with E-state index in [0.717, 1.165) is 24.8 Å². The molecule has 0 N–H and O–H groups in total. The van der Waals surface area contributed by atoms with Gasteiger partial charge in [-0.1, -0.05) is 23.7 Å². The first-order valence-corrected chi connectivity index (χ1v) is 5.58. The Bertz CT molecular complexity index is 345. The van der Waals surface area contributed by atoms with Crippen LogP contribution in [0.3, 0.4) is 0 Å². The Hall–Kier alpha value is -1.02. The van der Waals surface area contributed by atoms with Crippen molar-refractivity contribution in [2.45, 2.75) is 31.8 Å². The van der Waals surface area contributed by atoms with Gasteiger partial charge in [0.2, 0.25) is 0 Å². The summed E-state index contributed by atoms with van der Waals surface area (Å²) in [6.45, 7) is 0. The topological polar surface area (TPSA) is 26.3 Å². The average molecular weight is 225 g/mol. The molecule has 3 heteroatoms. The maximum Gasteiger partial charge on any atom is 0.306 e. The van der Waals surface area contributed by atoms with Gasteiger partial charge < -0.3 is 4.74 Å². The zero-order chi connectivity index (χ0) is 10.7. The molecule has 1 aromatic rings. The average Bonchev–Trinajstić information content (AvgIpc) is 2.44. The Morgan fingerprint density at radius 3 is 2.67 bits per heavy atom. The largest absolute Gasteiger partial charge is 0.457 e. The second kappa shape index (κ2) is 4.67. The molecule has 1 saturated heterocycles. The Labute approximate surface area is 94.2 Å². The molecule has 0 amide bonds. The molecule has 1 atom stereocenters. The van der Waals surface area contributed by atoms with Crippen molar-refractivity contribution in [2.24, 2.45) is 0 Å². The van der Waals surface area contributed by atoms with Crippen LogP contribution in [0.1, 0.15) is 37.4 Å². The number of carbonyl (C=O) groups excluding carboxylic acids is 1. The molecule has 0 bridgehead atoms. The van der Waals surface area contributed by atoms with Crippen LogP contribution in [0.4, 0.5) is 0 Å². The van der Waals surface area contributed by atoms with Crippen LogP contribution in [0, 0.1) is 0 Å². The highest BCUT2D eigenvalue weighted by molar-refractivity contribution is 6.30. The van der Waals surface area contributed by atoms with Gasteiger partial charge in [-0.2, -0.15) is 0 Å². The Morgan fingerprint density at radius 1 is 1.20 bits per heavy atom. The second-order valence-corrected chi connectivity index (χ2v) is 4.21. The van der Waals surface area contributed by atoms with Gasteiger partial charge in [0.15, 0.2) is 0 Å². The molecule has 2 nitrogen and oxygen atoms in total. The lowest BCUT2D eigenvalue weighted by Gasteiger charge is -2.15. The number of cyclic esters (lactones) is 1. The van der Waals surface area contributed by atoms with Crippen molar-refractivity contribution < 1.29 is 9.53 Å². The molecule has 0 aliphatic carbocycles. The fourth-order valence-corrected chi connectivity index (χ4v) is 1.91. The third-order valence-electron chi connectivity index (χ3n) is 2.61. The zero-order valence-corrected chi connectivity index (χ0v) is 9.17. The molecular weight excluding hydrogens is 212 g/mol. The summed E-state index contributed by atoms with van der Waals surface area (Å²) in [6.07, 6.45) is 3.34. The third kappa shape index (κ3) is 2.72. The lowest BCUT2D eigenvalue weighted by atomic mass is 10.0. The predicted molar refractivity (Wildman–Crippen MR) is 58.8 cm³/mol. The van der Waals surface area contributed by atoms with E-state index in [1.165, 1.54) is 0 Å². The predicted octanol–water partition coefficient (Wildman–Crippen LogP) is 3.50. The molecule has 0 radical (unpaired) electrons. The van der Waals surface area contributed by atoms with E-state index in [1.54, 1.807) is 0 Å². The summed E-state index contributed by atoms with van der Waals surface area (Å²) in [7, 11) is 0. The fraction of sp³-hybridized carbons (Fsp3) is 0.417. The van der Waals surface area contributed by atoms with Crippen LogP contribution in [-0.2, 0) is 9.53 Å². The number of halogens is 1. The van der Waals surface area contributed by atoms with Crippen molar-refractivity contribution >= 4 is 17.6 Å². The van der Waals surface area contributed by atoms with Crippen molar-refractivity contribution in [1.82, 2.24) is 0 Å². The molecular formula is C12H13ClO2. The van der Waals surface area contributed by atoms with E-state index in [9.17, 15) is 4.79 Å². The van der Waals surface area contributed by atoms with Gasteiger partial charge in [0.25, 0.3) is 0 Å². The summed E-state index contributed by atoms with van der Waals surface area (Å²) < 4.78 is 5.36. The smallest absolute Gasteiger partial charge is 0.306 e. The van der Waals surface area contributed by atoms with Crippen LogP contribution in [0.25, 0.3) is 0 Å². The van der Waals surface area contributed by atoms with Crippen molar-refractivity contribution in [3.63, 3.8) is 0 Å². The molecule has 15 heavy (non-hydrogen) atoms. The van der Waals surface area contributed by atoms with Crippen molar-refractivity contribution in [2.75, 3.05) is 0 Å². The first kappa shape index (κ1) is 10.5. The van der Waals surface area contributed by atoms with Gasteiger partial charge in [0.05, 0.1) is 0 Å². The third-order valence-corrected chi connectivity index (χ3v) is 2.86. The van der Waals surface area contributed by atoms with Gasteiger partial charge in [-0.15, -0.1) is 0 Å². The van der Waals surface area contributed by atoms with Gasteiger partial charge in [0.1, 0.15) is 6.10 Å². The number of hydrogen-bond acceptors (Lipinski definition) is 2. The molecule has 1 fully saturated rings. The molecule has 1 aliphatic heterocycles. The van der Waals surface area contributed by atoms with Crippen molar-refractivity contribution in [3.8, 4) is 0 Å². The summed E-state index contributed by atoms with van der Waals surface area (Å²) in [5.41, 5.74) is 1.04. The van der Waals surface area contributed by atoms with E-state index in [0.29, 0.717) is 11.4 Å². The van der Waals surface area contributed by atoms with E-state index in [-0.39, 0.29) is 12.1 Å². The highest BCUT2D eigenvalue weighted by atomic mass is 35.5. The highest BCUT2D eigenvalue weighted by Crippen LogP contribution is 2.28. The van der Waals surface area contributed by atoms with Crippen molar-refractivity contribution in [1.29, 1.82) is 0 Å². The minimum absolute atomic E-state index is 0.0859. The Morgan fingerprint density at radius 2 is 1.93 bits per heavy atom. The standard InChI is InChI=1S/C12H13ClO2/c13-10-7-5-9(6-8-10)11-3-1-2-4-12(14)15-11/h5-8,11H,1-4H2. The SMILES string of the molecule is O=C1CCCCC(c2ccc(Cl)cc2)O1. The lowest BCUT2D eigenvalue weighted by Crippen LogP contribution is -2.07. The second-order valence-electron chi connectivity index (χ2n) is 3.78. The van der Waals surface area contributed by atoms with Crippen LogP contribution in [-0.4, -0.2) is 5.97 Å². The van der Waals surface area contributed by atoms with E-state index in [1.807, 2.05) is 24.3 Å². The van der Waals surface area contributed by atoms with Crippen molar-refractivity contribution in [3.05, 3.63) is 34.9 Å². The fourth-order valence-electron chi connectivity index (χ4n) is 1.79. The van der Waals surface area contributed by atoms with Gasteiger partial charge in [-0.05, 0) is 37.0 Å². The molecule has 1 heterocycles. The normalized spacial score (nSPS) is 21.9. The number of benzene rings is 1. The minimum Gasteiger partial charge on any atom is -0.457 e. The summed E-state index contributed by atoms with van der Waals surface area (Å²) in [6, 6.07) is 7.50. The summed E-state index contributed by atoms with van der Waals surface area (Å²) >= 11 is 5.80. The van der Waals surface area contributed by atoms with Gasteiger partial charge in [-0.25, -0.2) is 0 Å². The molecule has 0 spiro atoms. The molecule has 80 valence electrons. The van der Waals surface area contributed by atoms with Gasteiger partial charge in [-0.3, -0.25) is 4.79 Å². The molecule has 1 unspecified atom stereocenters. The van der Waals surface area contributed by atoms with Crippen LogP contribution < -0.4 is 0 Å². The molecule has 0 saturated carbocycles. The molecule has 0 aromatic heterocycles. The maximum atomic E-state index is 11.3. The maximum absolute atomic E-state index is 11.3. The quantitative estimate of drug-likeness (QED) is 0.683. The molecule has 1 aromatic carbocycles. The molecule has 1 aliphatic rings. The highest BCUT2D eigenvalue weighted by Gasteiger charge is 2.19. The van der Waals surface area contributed by atoms with Crippen LogP contribution in [0.2, 0.25) is 5.02 Å². The summed E-state index contributed by atoms with van der Waals surface area (Å²) in [5, 5.41) is 0.707. The Balaban J connectivity index is 2.14. The zero-order valence-electron chi connectivity index (χ0n) is 8.41. The Kier molecular flexibility index (Phi) is 3.27. The van der Waals surface area contributed by atoms with Crippen LogP contribution >= 0.6 is 11.6 Å². The number of carbonyl (C=O) groups is 1. The number of rotatable bonds is 1. The number of esters is 1. The molecule has 2 rings (SSSR count). The van der Waals surface area contributed by atoms with E-state index < -0.39 is 0 Å². The van der Waals surface area contributed by atoms with E-state index >= 15 is 0 Å². The van der Waals surface area contributed by atoms with Gasteiger partial charge >= 0.3 is 5.97 Å². The van der Waals surface area contributed by atoms with E-state index in [2.05, 4.69) is 0 Å². The first-order chi connectivity index (χ1) is 7.25. The lowest BCUT2D eigenvalue weighted by molar-refractivity contribution is -0.148. The monoisotopic (exact) mass is 224 g/mol. The summed E-state index contributed by atoms with van der Waals surface area (Å²) in [5.74, 6) is -0.0903. The first-order valence-electron chi connectivity index (χ1n) is 5.20. The van der Waals surface area contributed by atoms with Crippen LogP contribution in [0.5, 0.6) is 0 Å². The van der Waals surface area contributed by atoms with E-state index in [4.69, 9.17) is 16.3 Å². The van der Waals surface area contributed by atoms with Gasteiger partial charge in [0, 0.05) is 11.4 Å². The number of hydrogen-bond donors (Lipinski definition) is 0. The number of ether oxygens (including phenoxy) is 1. The minimum atomic E-state index is -0.0903. The summed E-state index contributed by atoms with van der Waals surface area (Å²) in [4.78, 5) is 11.3. The van der Waals surface area contributed by atoms with Crippen LogP contribution in [0.15, 0.2) is 24.3 Å².